The Bertz CT molecular complexity index is 738. The summed E-state index contributed by atoms with van der Waals surface area (Å²) in [5.74, 6) is 2.72. The molecule has 0 radical (unpaired) electrons. The molecule has 0 spiro atoms. The molecule has 7 heteroatoms. The average Bonchev–Trinajstić information content (AvgIpc) is 2.82. The van der Waals surface area contributed by atoms with E-state index in [1.165, 1.54) is 0 Å². The summed E-state index contributed by atoms with van der Waals surface area (Å²) in [5.41, 5.74) is 2.22. The third-order valence-electron chi connectivity index (χ3n) is 4.18. The van der Waals surface area contributed by atoms with E-state index in [4.69, 9.17) is 0 Å². The maximum absolute atomic E-state index is 11.7. The van der Waals surface area contributed by atoms with Gasteiger partial charge in [-0.2, -0.15) is 0 Å². The van der Waals surface area contributed by atoms with E-state index in [0.29, 0.717) is 0 Å². The minimum atomic E-state index is 0.124. The normalized spacial score (nSPS) is 13.9. The monoisotopic (exact) mass is 357 g/mol. The van der Waals surface area contributed by atoms with Gasteiger partial charge in [-0.3, -0.25) is 4.79 Å². The van der Waals surface area contributed by atoms with Crippen LogP contribution in [0, 0.1) is 6.92 Å². The van der Waals surface area contributed by atoms with Crippen LogP contribution in [0.1, 0.15) is 24.0 Å². The molecule has 6 nitrogen and oxygen atoms in total. The van der Waals surface area contributed by atoms with Gasteiger partial charge in [0.2, 0.25) is 5.91 Å². The van der Waals surface area contributed by atoms with Crippen LogP contribution >= 0.6 is 11.8 Å². The topological polar surface area (TPSA) is 71.0 Å². The summed E-state index contributed by atoms with van der Waals surface area (Å²) in [4.78, 5) is 27.1. The van der Waals surface area contributed by atoms with Gasteiger partial charge in [0.25, 0.3) is 0 Å². The van der Waals surface area contributed by atoms with Crippen molar-refractivity contribution in [3.05, 3.63) is 41.5 Å². The van der Waals surface area contributed by atoms with Crippen LogP contribution in [0.5, 0.6) is 0 Å². The largest absolute Gasteiger partial charge is 0.369 e. The average molecular weight is 357 g/mol. The van der Waals surface area contributed by atoms with Crippen LogP contribution in [0.4, 0.5) is 5.82 Å². The number of rotatable bonds is 5. The molecule has 0 aromatic carbocycles. The van der Waals surface area contributed by atoms with E-state index in [-0.39, 0.29) is 5.91 Å². The lowest BCUT2D eigenvalue weighted by molar-refractivity contribution is -0.128. The number of thioether (sulfide) groups is 1. The zero-order valence-electron chi connectivity index (χ0n) is 14.7. The van der Waals surface area contributed by atoms with Gasteiger partial charge in [0.15, 0.2) is 0 Å². The Hall–Kier alpha value is -2.15. The summed E-state index contributed by atoms with van der Waals surface area (Å²) in [7, 11) is 0. The van der Waals surface area contributed by atoms with E-state index in [9.17, 15) is 4.79 Å². The van der Waals surface area contributed by atoms with E-state index < -0.39 is 0 Å². The third kappa shape index (κ3) is 4.69. The van der Waals surface area contributed by atoms with Crippen molar-refractivity contribution >= 4 is 23.5 Å². The highest BCUT2D eigenvalue weighted by atomic mass is 32.2. The predicted molar refractivity (Wildman–Crippen MR) is 99.9 cm³/mol. The molecule has 0 bridgehead atoms. The number of nitrogens with one attached hydrogen (secondary N) is 1. The molecule has 0 saturated heterocycles. The second-order valence-electron chi connectivity index (χ2n) is 5.99. The Morgan fingerprint density at radius 1 is 1.28 bits per heavy atom. The first-order valence-electron chi connectivity index (χ1n) is 8.53. The van der Waals surface area contributed by atoms with Gasteiger partial charge in [-0.25, -0.2) is 15.0 Å². The molecular formula is C18H23N5OS. The fourth-order valence-corrected chi connectivity index (χ4v) is 3.66. The smallest absolute Gasteiger partial charge is 0.219 e. The van der Waals surface area contributed by atoms with Crippen molar-refractivity contribution in [3.63, 3.8) is 0 Å². The van der Waals surface area contributed by atoms with E-state index in [1.807, 2.05) is 36.2 Å². The highest BCUT2D eigenvalue weighted by molar-refractivity contribution is 7.99. The summed E-state index contributed by atoms with van der Waals surface area (Å²) in [6, 6.07) is 5.94. The van der Waals surface area contributed by atoms with Gasteiger partial charge in [0.05, 0.1) is 10.7 Å². The lowest BCUT2D eigenvalue weighted by atomic mass is 10.1. The second kappa shape index (κ2) is 8.29. The van der Waals surface area contributed by atoms with Crippen LogP contribution in [0.3, 0.4) is 0 Å². The lowest BCUT2D eigenvalue weighted by Gasteiger charge is -2.17. The van der Waals surface area contributed by atoms with Gasteiger partial charge in [-0.05, 0) is 25.5 Å². The fraction of sp³-hybridized carbons (Fsp3) is 0.444. The van der Waals surface area contributed by atoms with Gasteiger partial charge in [0.1, 0.15) is 11.6 Å². The predicted octanol–water partition coefficient (Wildman–Crippen LogP) is 2.33. The Morgan fingerprint density at radius 3 is 2.88 bits per heavy atom. The second-order valence-corrected chi connectivity index (χ2v) is 7.11. The van der Waals surface area contributed by atoms with Gasteiger partial charge in [-0.1, -0.05) is 6.07 Å². The third-order valence-corrected chi connectivity index (χ3v) is 5.13. The first kappa shape index (κ1) is 17.7. The standard InChI is InChI=1S/C18H23N5OS/c1-13-21-16-7-11-23(14(2)24)10-6-15(16)18(22-13)20-9-12-25-17-5-3-4-8-19-17/h3-5,8H,6-7,9-12H2,1-2H3,(H,20,21,22). The molecule has 2 aromatic heterocycles. The summed E-state index contributed by atoms with van der Waals surface area (Å²) < 4.78 is 0. The van der Waals surface area contributed by atoms with E-state index >= 15 is 0 Å². The number of aromatic nitrogens is 3. The van der Waals surface area contributed by atoms with Crippen molar-refractivity contribution in [2.24, 2.45) is 0 Å². The Morgan fingerprint density at radius 2 is 2.12 bits per heavy atom. The van der Waals surface area contributed by atoms with E-state index in [2.05, 4.69) is 20.3 Å². The molecule has 0 atom stereocenters. The number of hydrogen-bond acceptors (Lipinski definition) is 6. The van der Waals surface area contributed by atoms with Crippen molar-refractivity contribution in [1.82, 2.24) is 19.9 Å². The van der Waals surface area contributed by atoms with Gasteiger partial charge in [-0.15, -0.1) is 11.8 Å². The van der Waals surface area contributed by atoms with Crippen molar-refractivity contribution in [3.8, 4) is 0 Å². The molecule has 2 aromatic rings. The molecule has 0 saturated carbocycles. The molecule has 0 unspecified atom stereocenters. The summed E-state index contributed by atoms with van der Waals surface area (Å²) >= 11 is 1.72. The molecular weight excluding hydrogens is 334 g/mol. The van der Waals surface area contributed by atoms with Gasteiger partial charge < -0.3 is 10.2 Å². The van der Waals surface area contributed by atoms with Crippen molar-refractivity contribution in [1.29, 1.82) is 0 Å². The van der Waals surface area contributed by atoms with E-state index in [1.54, 1.807) is 18.7 Å². The zero-order valence-corrected chi connectivity index (χ0v) is 15.5. The molecule has 1 N–H and O–H groups in total. The highest BCUT2D eigenvalue weighted by Crippen LogP contribution is 2.22. The van der Waals surface area contributed by atoms with Crippen LogP contribution in [-0.4, -0.2) is 51.1 Å². The molecule has 132 valence electrons. The lowest BCUT2D eigenvalue weighted by Crippen LogP contribution is -2.31. The molecule has 25 heavy (non-hydrogen) atoms. The van der Waals surface area contributed by atoms with Gasteiger partial charge in [0, 0.05) is 50.5 Å². The molecule has 1 amide bonds. The number of carbonyl (C=O) groups is 1. The molecule has 0 aliphatic carbocycles. The molecule has 3 heterocycles. The number of pyridine rings is 1. The number of amides is 1. The fourth-order valence-electron chi connectivity index (χ4n) is 2.94. The van der Waals surface area contributed by atoms with Crippen molar-refractivity contribution < 1.29 is 4.79 Å². The molecule has 0 fully saturated rings. The summed E-state index contributed by atoms with van der Waals surface area (Å²) in [6.07, 6.45) is 3.39. The Balaban J connectivity index is 1.64. The SMILES string of the molecule is CC(=O)N1CCc2nc(C)nc(NCCSc3ccccn3)c2CC1. The van der Waals surface area contributed by atoms with Crippen LogP contribution < -0.4 is 5.32 Å². The summed E-state index contributed by atoms with van der Waals surface area (Å²) in [5, 5.41) is 4.48. The number of nitrogens with zero attached hydrogens (tertiary/aromatic N) is 4. The van der Waals surface area contributed by atoms with Crippen LogP contribution in [0.2, 0.25) is 0 Å². The summed E-state index contributed by atoms with van der Waals surface area (Å²) in [6.45, 7) is 5.81. The highest BCUT2D eigenvalue weighted by Gasteiger charge is 2.20. The quantitative estimate of drug-likeness (QED) is 0.654. The van der Waals surface area contributed by atoms with Crippen molar-refractivity contribution in [2.75, 3.05) is 30.7 Å². The first-order chi connectivity index (χ1) is 12.1. The zero-order chi connectivity index (χ0) is 17.6. The number of anilines is 1. The maximum atomic E-state index is 11.7. The Kier molecular flexibility index (Phi) is 5.86. The van der Waals surface area contributed by atoms with Gasteiger partial charge >= 0.3 is 0 Å². The van der Waals surface area contributed by atoms with Crippen LogP contribution in [0.25, 0.3) is 0 Å². The molecule has 3 rings (SSSR count). The minimum Gasteiger partial charge on any atom is -0.369 e. The number of carbonyl (C=O) groups excluding carboxylic acids is 1. The first-order valence-corrected chi connectivity index (χ1v) is 9.51. The van der Waals surface area contributed by atoms with Crippen LogP contribution in [0.15, 0.2) is 29.4 Å². The van der Waals surface area contributed by atoms with Crippen molar-refractivity contribution in [2.45, 2.75) is 31.7 Å². The van der Waals surface area contributed by atoms with Crippen LogP contribution in [-0.2, 0) is 17.6 Å². The molecule has 1 aliphatic heterocycles. The number of aryl methyl sites for hydroxylation is 1. The number of fused-ring (bicyclic) bond motifs is 1. The maximum Gasteiger partial charge on any atom is 0.219 e. The minimum absolute atomic E-state index is 0.124. The Labute approximate surface area is 152 Å². The molecule has 1 aliphatic rings. The van der Waals surface area contributed by atoms with E-state index in [0.717, 1.165) is 66.2 Å². The number of hydrogen-bond donors (Lipinski definition) is 1.